The summed E-state index contributed by atoms with van der Waals surface area (Å²) < 4.78 is 0. The molecule has 1 aliphatic rings. The van der Waals surface area contributed by atoms with E-state index in [0.29, 0.717) is 12.1 Å². The molecule has 0 heterocycles. The van der Waals surface area contributed by atoms with Crippen LogP contribution in [0.1, 0.15) is 57.6 Å². The molecular formula is C16H24ClN. The average molecular weight is 266 g/mol. The van der Waals surface area contributed by atoms with Crippen molar-refractivity contribution in [3.8, 4) is 0 Å². The van der Waals surface area contributed by atoms with Gasteiger partial charge in [0, 0.05) is 17.1 Å². The van der Waals surface area contributed by atoms with Crippen LogP contribution in [0.15, 0.2) is 24.3 Å². The Balaban J connectivity index is 1.89. The molecule has 2 rings (SSSR count). The van der Waals surface area contributed by atoms with Crippen molar-refractivity contribution >= 4 is 11.6 Å². The second-order valence-electron chi connectivity index (χ2n) is 5.54. The first-order valence-corrected chi connectivity index (χ1v) is 7.59. The zero-order chi connectivity index (χ0) is 13.0. The first kappa shape index (κ1) is 13.9. The number of hydrogen-bond acceptors (Lipinski definition) is 1. The van der Waals surface area contributed by atoms with E-state index in [0.717, 1.165) is 10.9 Å². The van der Waals surface area contributed by atoms with Gasteiger partial charge in [-0.3, -0.25) is 0 Å². The zero-order valence-electron chi connectivity index (χ0n) is 11.5. The highest BCUT2D eigenvalue weighted by atomic mass is 35.5. The monoisotopic (exact) mass is 265 g/mol. The van der Waals surface area contributed by atoms with Crippen LogP contribution in [0.5, 0.6) is 0 Å². The van der Waals surface area contributed by atoms with Crippen molar-refractivity contribution in [2.45, 2.75) is 58.0 Å². The summed E-state index contributed by atoms with van der Waals surface area (Å²) in [4.78, 5) is 0. The fourth-order valence-corrected chi connectivity index (χ4v) is 3.31. The van der Waals surface area contributed by atoms with Crippen LogP contribution in [-0.2, 0) is 0 Å². The number of hydrogen-bond donors (Lipinski definition) is 1. The van der Waals surface area contributed by atoms with Crippen molar-refractivity contribution in [3.63, 3.8) is 0 Å². The van der Waals surface area contributed by atoms with E-state index in [2.05, 4.69) is 31.3 Å². The van der Waals surface area contributed by atoms with E-state index in [9.17, 15) is 0 Å². The van der Waals surface area contributed by atoms with Crippen LogP contribution in [0.3, 0.4) is 0 Å². The molecule has 0 aromatic heterocycles. The Morgan fingerprint density at radius 2 is 1.89 bits per heavy atom. The maximum absolute atomic E-state index is 6.24. The Hall–Kier alpha value is -0.530. The van der Waals surface area contributed by atoms with Gasteiger partial charge in [-0.2, -0.15) is 0 Å². The van der Waals surface area contributed by atoms with E-state index in [-0.39, 0.29) is 0 Å². The number of halogens is 1. The van der Waals surface area contributed by atoms with Crippen molar-refractivity contribution in [2.75, 3.05) is 0 Å². The lowest BCUT2D eigenvalue weighted by atomic mass is 9.84. The van der Waals surface area contributed by atoms with Crippen LogP contribution >= 0.6 is 11.6 Å². The van der Waals surface area contributed by atoms with Crippen LogP contribution < -0.4 is 5.32 Å². The standard InChI is InChI=1S/C16H24ClN/c1-3-13-8-10-14(11-9-13)18-12(2)15-6-4-5-7-16(15)17/h4-7,12-14,18H,3,8-11H2,1-2H3/t12-,13?,14?/m0/s1. The van der Waals surface area contributed by atoms with E-state index < -0.39 is 0 Å². The highest BCUT2D eigenvalue weighted by Crippen LogP contribution is 2.29. The van der Waals surface area contributed by atoms with Crippen molar-refractivity contribution in [1.29, 1.82) is 0 Å². The molecule has 0 saturated heterocycles. The quantitative estimate of drug-likeness (QED) is 0.811. The third-order valence-electron chi connectivity index (χ3n) is 4.28. The molecule has 1 aromatic rings. The van der Waals surface area contributed by atoms with Gasteiger partial charge in [0.2, 0.25) is 0 Å². The zero-order valence-corrected chi connectivity index (χ0v) is 12.2. The fraction of sp³-hybridized carbons (Fsp3) is 0.625. The first-order valence-electron chi connectivity index (χ1n) is 7.21. The number of benzene rings is 1. The third kappa shape index (κ3) is 3.49. The molecule has 1 aromatic carbocycles. The molecule has 1 nitrogen and oxygen atoms in total. The third-order valence-corrected chi connectivity index (χ3v) is 4.63. The predicted octanol–water partition coefficient (Wildman–Crippen LogP) is 4.96. The SMILES string of the molecule is CCC1CCC(N[C@@H](C)c2ccccc2Cl)CC1. The summed E-state index contributed by atoms with van der Waals surface area (Å²) in [5.41, 5.74) is 1.22. The second kappa shape index (κ2) is 6.58. The van der Waals surface area contributed by atoms with Crippen LogP contribution in [0, 0.1) is 5.92 Å². The van der Waals surface area contributed by atoms with E-state index in [1.54, 1.807) is 0 Å². The molecule has 0 unspecified atom stereocenters. The van der Waals surface area contributed by atoms with Gasteiger partial charge in [0.15, 0.2) is 0 Å². The smallest absolute Gasteiger partial charge is 0.0453 e. The highest BCUT2D eigenvalue weighted by Gasteiger charge is 2.21. The lowest BCUT2D eigenvalue weighted by Crippen LogP contribution is -2.35. The Labute approximate surface area is 116 Å². The summed E-state index contributed by atoms with van der Waals surface area (Å²) in [6, 6.07) is 9.17. The van der Waals surface area contributed by atoms with Gasteiger partial charge in [-0.1, -0.05) is 43.1 Å². The van der Waals surface area contributed by atoms with Gasteiger partial charge in [-0.15, -0.1) is 0 Å². The summed E-state index contributed by atoms with van der Waals surface area (Å²) in [7, 11) is 0. The molecule has 1 aliphatic carbocycles. The first-order chi connectivity index (χ1) is 8.70. The predicted molar refractivity (Wildman–Crippen MR) is 79.0 cm³/mol. The van der Waals surface area contributed by atoms with E-state index in [1.807, 2.05) is 12.1 Å². The minimum atomic E-state index is 0.349. The van der Waals surface area contributed by atoms with Gasteiger partial charge >= 0.3 is 0 Å². The molecular weight excluding hydrogens is 242 g/mol. The molecule has 1 saturated carbocycles. The van der Waals surface area contributed by atoms with Crippen LogP contribution in [-0.4, -0.2) is 6.04 Å². The molecule has 100 valence electrons. The minimum Gasteiger partial charge on any atom is -0.307 e. The molecule has 1 atom stereocenters. The van der Waals surface area contributed by atoms with Crippen molar-refractivity contribution < 1.29 is 0 Å². The van der Waals surface area contributed by atoms with Gasteiger partial charge < -0.3 is 5.32 Å². The summed E-state index contributed by atoms with van der Waals surface area (Å²) in [6.45, 7) is 4.53. The maximum atomic E-state index is 6.24. The Kier molecular flexibility index (Phi) is 5.08. The summed E-state index contributed by atoms with van der Waals surface area (Å²) in [6.07, 6.45) is 6.72. The van der Waals surface area contributed by atoms with Gasteiger partial charge in [-0.05, 0) is 50.2 Å². The van der Waals surface area contributed by atoms with Gasteiger partial charge in [0.25, 0.3) is 0 Å². The fourth-order valence-electron chi connectivity index (χ4n) is 3.01. The normalized spacial score (nSPS) is 25.9. The lowest BCUT2D eigenvalue weighted by molar-refractivity contribution is 0.273. The molecule has 0 spiro atoms. The van der Waals surface area contributed by atoms with E-state index >= 15 is 0 Å². The topological polar surface area (TPSA) is 12.0 Å². The largest absolute Gasteiger partial charge is 0.307 e. The molecule has 0 radical (unpaired) electrons. The van der Waals surface area contributed by atoms with Gasteiger partial charge in [0.1, 0.15) is 0 Å². The second-order valence-corrected chi connectivity index (χ2v) is 5.94. The van der Waals surface area contributed by atoms with Crippen LogP contribution in [0.25, 0.3) is 0 Å². The van der Waals surface area contributed by atoms with E-state index in [4.69, 9.17) is 11.6 Å². The van der Waals surface area contributed by atoms with Crippen LogP contribution in [0.4, 0.5) is 0 Å². The van der Waals surface area contributed by atoms with Gasteiger partial charge in [0.05, 0.1) is 0 Å². The van der Waals surface area contributed by atoms with Gasteiger partial charge in [-0.25, -0.2) is 0 Å². The molecule has 18 heavy (non-hydrogen) atoms. The maximum Gasteiger partial charge on any atom is 0.0453 e. The molecule has 1 fully saturated rings. The highest BCUT2D eigenvalue weighted by molar-refractivity contribution is 6.31. The Morgan fingerprint density at radius 3 is 2.50 bits per heavy atom. The number of nitrogens with one attached hydrogen (secondary N) is 1. The molecule has 2 heteroatoms. The molecule has 0 amide bonds. The minimum absolute atomic E-state index is 0.349. The van der Waals surface area contributed by atoms with Crippen LogP contribution in [0.2, 0.25) is 5.02 Å². The Morgan fingerprint density at radius 1 is 1.22 bits per heavy atom. The molecule has 0 aliphatic heterocycles. The van der Waals surface area contributed by atoms with Crippen molar-refractivity contribution in [1.82, 2.24) is 5.32 Å². The summed E-state index contributed by atoms with van der Waals surface area (Å²) in [5, 5.41) is 4.61. The van der Waals surface area contributed by atoms with Crippen molar-refractivity contribution in [2.24, 2.45) is 5.92 Å². The Bertz CT molecular complexity index is 369. The molecule has 1 N–H and O–H groups in total. The number of rotatable bonds is 4. The molecule has 0 bridgehead atoms. The average Bonchev–Trinajstić information content (AvgIpc) is 2.40. The van der Waals surface area contributed by atoms with Crippen molar-refractivity contribution in [3.05, 3.63) is 34.9 Å². The summed E-state index contributed by atoms with van der Waals surface area (Å²) in [5.74, 6) is 0.957. The lowest BCUT2D eigenvalue weighted by Gasteiger charge is -2.31. The summed E-state index contributed by atoms with van der Waals surface area (Å²) >= 11 is 6.24. The van der Waals surface area contributed by atoms with E-state index in [1.165, 1.54) is 37.7 Å².